The molecule has 3 fully saturated rings. The molecule has 1 aliphatic carbocycles. The van der Waals surface area contributed by atoms with E-state index in [1.807, 2.05) is 4.90 Å². The maximum Gasteiger partial charge on any atom is 0.317 e. The molecule has 6 nitrogen and oxygen atoms in total. The number of carbonyl (C=O) groups is 2. The Balaban J connectivity index is 1.25. The molecule has 2 saturated heterocycles. The van der Waals surface area contributed by atoms with Crippen LogP contribution in [0.3, 0.4) is 0 Å². The average Bonchev–Trinajstić information content (AvgIpc) is 3.48. The van der Waals surface area contributed by atoms with Crippen molar-refractivity contribution in [1.82, 2.24) is 20.0 Å². The van der Waals surface area contributed by atoms with Gasteiger partial charge in [0, 0.05) is 45.8 Å². The first-order chi connectivity index (χ1) is 13.6. The van der Waals surface area contributed by atoms with Gasteiger partial charge in [0.2, 0.25) is 5.91 Å². The minimum atomic E-state index is -0.00414. The maximum atomic E-state index is 12.8. The predicted molar refractivity (Wildman–Crippen MR) is 109 cm³/mol. The minimum Gasteiger partial charge on any atom is -0.341 e. The standard InChI is InChI=1S/C22H32N4O2/c1-17-3-5-18(6-4-17)15-23-22(28)25-11-2-10-24(13-14-25)20-9-12-26(21(20)27)16-19-7-8-19/h3-6,19-20H,2,7-16H2,1H3,(H,23,28)/t20-/m0/s1. The van der Waals surface area contributed by atoms with Crippen molar-refractivity contribution in [3.05, 3.63) is 35.4 Å². The fourth-order valence-electron chi connectivity index (χ4n) is 4.30. The number of urea groups is 1. The van der Waals surface area contributed by atoms with Gasteiger partial charge in [-0.2, -0.15) is 0 Å². The molecule has 1 aromatic carbocycles. The van der Waals surface area contributed by atoms with E-state index in [4.69, 9.17) is 0 Å². The van der Waals surface area contributed by atoms with Gasteiger partial charge in [0.05, 0.1) is 6.04 Å². The zero-order valence-electron chi connectivity index (χ0n) is 16.9. The van der Waals surface area contributed by atoms with Crippen molar-refractivity contribution >= 4 is 11.9 Å². The molecule has 3 amide bonds. The molecule has 1 atom stereocenters. The van der Waals surface area contributed by atoms with Crippen LogP contribution in [0.4, 0.5) is 4.79 Å². The monoisotopic (exact) mass is 384 g/mol. The van der Waals surface area contributed by atoms with Crippen LogP contribution >= 0.6 is 0 Å². The Bertz CT molecular complexity index is 701. The highest BCUT2D eigenvalue weighted by molar-refractivity contribution is 5.84. The number of nitrogens with zero attached hydrogens (tertiary/aromatic N) is 3. The summed E-state index contributed by atoms with van der Waals surface area (Å²) in [7, 11) is 0. The lowest BCUT2D eigenvalue weighted by Crippen LogP contribution is -2.45. The highest BCUT2D eigenvalue weighted by atomic mass is 16.2. The lowest BCUT2D eigenvalue weighted by atomic mass is 10.1. The van der Waals surface area contributed by atoms with Gasteiger partial charge >= 0.3 is 6.03 Å². The van der Waals surface area contributed by atoms with E-state index < -0.39 is 0 Å². The lowest BCUT2D eigenvalue weighted by molar-refractivity contribution is -0.132. The van der Waals surface area contributed by atoms with Crippen molar-refractivity contribution in [2.75, 3.05) is 39.3 Å². The SMILES string of the molecule is Cc1ccc(CNC(=O)N2CCCN([C@H]3CCN(CC4CC4)C3=O)CC2)cc1. The van der Waals surface area contributed by atoms with E-state index in [2.05, 4.69) is 46.3 Å². The molecule has 2 heterocycles. The first-order valence-electron chi connectivity index (χ1n) is 10.7. The summed E-state index contributed by atoms with van der Waals surface area (Å²) in [5.41, 5.74) is 2.34. The zero-order valence-corrected chi connectivity index (χ0v) is 16.9. The maximum absolute atomic E-state index is 12.8. The highest BCUT2D eigenvalue weighted by Crippen LogP contribution is 2.31. The highest BCUT2D eigenvalue weighted by Gasteiger charge is 2.38. The molecule has 0 radical (unpaired) electrons. The van der Waals surface area contributed by atoms with Crippen LogP contribution in [0.15, 0.2) is 24.3 Å². The smallest absolute Gasteiger partial charge is 0.317 e. The van der Waals surface area contributed by atoms with Crippen LogP contribution in [-0.4, -0.2) is 71.9 Å². The molecular weight excluding hydrogens is 352 g/mol. The quantitative estimate of drug-likeness (QED) is 0.847. The van der Waals surface area contributed by atoms with Crippen LogP contribution in [-0.2, 0) is 11.3 Å². The molecule has 152 valence electrons. The number of hydrogen-bond donors (Lipinski definition) is 1. The van der Waals surface area contributed by atoms with E-state index >= 15 is 0 Å². The number of amides is 3. The molecule has 2 aliphatic heterocycles. The van der Waals surface area contributed by atoms with Gasteiger partial charge in [-0.3, -0.25) is 9.69 Å². The lowest BCUT2D eigenvalue weighted by Gasteiger charge is -2.26. The number of likely N-dealkylation sites (tertiary alicyclic amines) is 1. The summed E-state index contributed by atoms with van der Waals surface area (Å²) in [4.78, 5) is 31.6. The number of nitrogens with one attached hydrogen (secondary N) is 1. The summed E-state index contributed by atoms with van der Waals surface area (Å²) in [5.74, 6) is 1.06. The van der Waals surface area contributed by atoms with Gasteiger partial charge in [-0.25, -0.2) is 4.79 Å². The van der Waals surface area contributed by atoms with Crippen molar-refractivity contribution in [3.63, 3.8) is 0 Å². The molecule has 0 unspecified atom stereocenters. The van der Waals surface area contributed by atoms with Gasteiger partial charge in [-0.15, -0.1) is 0 Å². The predicted octanol–water partition coefficient (Wildman–Crippen LogP) is 2.22. The van der Waals surface area contributed by atoms with Gasteiger partial charge in [-0.1, -0.05) is 29.8 Å². The van der Waals surface area contributed by atoms with Crippen LogP contribution in [0.5, 0.6) is 0 Å². The second-order valence-electron chi connectivity index (χ2n) is 8.55. The van der Waals surface area contributed by atoms with E-state index in [0.29, 0.717) is 19.0 Å². The van der Waals surface area contributed by atoms with Crippen LogP contribution in [0, 0.1) is 12.8 Å². The first kappa shape index (κ1) is 19.2. The molecule has 4 rings (SSSR count). The average molecular weight is 385 g/mol. The zero-order chi connectivity index (χ0) is 19.5. The summed E-state index contributed by atoms with van der Waals surface area (Å²) in [6.07, 6.45) is 4.42. The van der Waals surface area contributed by atoms with Gasteiger partial charge in [0.1, 0.15) is 0 Å². The second kappa shape index (κ2) is 8.52. The molecular formula is C22H32N4O2. The summed E-state index contributed by atoms with van der Waals surface area (Å²) in [6, 6.07) is 8.26. The molecule has 0 aromatic heterocycles. The second-order valence-corrected chi connectivity index (χ2v) is 8.55. The largest absolute Gasteiger partial charge is 0.341 e. The summed E-state index contributed by atoms with van der Waals surface area (Å²) < 4.78 is 0. The van der Waals surface area contributed by atoms with Crippen LogP contribution in [0.2, 0.25) is 0 Å². The number of aryl methyl sites for hydroxylation is 1. The Morgan fingerprint density at radius 2 is 1.82 bits per heavy atom. The third-order valence-corrected chi connectivity index (χ3v) is 6.27. The Hall–Kier alpha value is -2.08. The van der Waals surface area contributed by atoms with E-state index in [0.717, 1.165) is 57.0 Å². The molecule has 6 heteroatoms. The Morgan fingerprint density at radius 1 is 1.04 bits per heavy atom. The van der Waals surface area contributed by atoms with E-state index in [9.17, 15) is 9.59 Å². The van der Waals surface area contributed by atoms with E-state index in [-0.39, 0.29) is 12.1 Å². The van der Waals surface area contributed by atoms with Gasteiger partial charge in [-0.05, 0) is 44.1 Å². The fraction of sp³-hybridized carbons (Fsp3) is 0.636. The molecule has 28 heavy (non-hydrogen) atoms. The number of benzene rings is 1. The van der Waals surface area contributed by atoms with Crippen molar-refractivity contribution in [2.24, 2.45) is 5.92 Å². The Morgan fingerprint density at radius 3 is 2.57 bits per heavy atom. The third kappa shape index (κ3) is 4.66. The normalized spacial score (nSPS) is 23.8. The van der Waals surface area contributed by atoms with Crippen LogP contribution < -0.4 is 5.32 Å². The van der Waals surface area contributed by atoms with Gasteiger partial charge in [0.15, 0.2) is 0 Å². The van der Waals surface area contributed by atoms with Crippen molar-refractivity contribution < 1.29 is 9.59 Å². The topological polar surface area (TPSA) is 55.9 Å². The number of carbonyl (C=O) groups excluding carboxylic acids is 2. The van der Waals surface area contributed by atoms with Gasteiger partial charge in [0.25, 0.3) is 0 Å². The molecule has 3 aliphatic rings. The summed E-state index contributed by atoms with van der Waals surface area (Å²) in [6.45, 7) is 7.59. The summed E-state index contributed by atoms with van der Waals surface area (Å²) in [5, 5.41) is 3.04. The first-order valence-corrected chi connectivity index (χ1v) is 10.7. The molecule has 1 aromatic rings. The van der Waals surface area contributed by atoms with Gasteiger partial charge < -0.3 is 15.1 Å². The molecule has 0 spiro atoms. The Kier molecular flexibility index (Phi) is 5.85. The van der Waals surface area contributed by atoms with Crippen molar-refractivity contribution in [1.29, 1.82) is 0 Å². The molecule has 0 bridgehead atoms. The Labute approximate surface area is 167 Å². The molecule has 1 saturated carbocycles. The van der Waals surface area contributed by atoms with E-state index in [1.165, 1.54) is 18.4 Å². The molecule has 1 N–H and O–H groups in total. The third-order valence-electron chi connectivity index (χ3n) is 6.27. The number of hydrogen-bond acceptors (Lipinski definition) is 3. The fourth-order valence-corrected chi connectivity index (χ4v) is 4.30. The van der Waals surface area contributed by atoms with Crippen LogP contribution in [0.25, 0.3) is 0 Å². The van der Waals surface area contributed by atoms with Crippen LogP contribution in [0.1, 0.15) is 36.8 Å². The summed E-state index contributed by atoms with van der Waals surface area (Å²) >= 11 is 0. The van der Waals surface area contributed by atoms with Crippen molar-refractivity contribution in [3.8, 4) is 0 Å². The minimum absolute atomic E-state index is 0.00414. The van der Waals surface area contributed by atoms with E-state index in [1.54, 1.807) is 0 Å². The van der Waals surface area contributed by atoms with Crippen molar-refractivity contribution in [2.45, 2.75) is 45.2 Å². The number of rotatable bonds is 5.